The Kier molecular flexibility index (Phi) is 4.59. The smallest absolute Gasteiger partial charge is 0.311 e. The molecule has 0 amide bonds. The SMILES string of the molecule is CC[C@]1(C(=O)O)CCCC[C@@H]1NCc1ccccc1. The molecule has 0 saturated heterocycles. The van der Waals surface area contributed by atoms with Crippen molar-refractivity contribution in [2.45, 2.75) is 51.6 Å². The van der Waals surface area contributed by atoms with E-state index in [1.807, 2.05) is 25.1 Å². The van der Waals surface area contributed by atoms with Gasteiger partial charge in [0.1, 0.15) is 0 Å². The summed E-state index contributed by atoms with van der Waals surface area (Å²) in [6.07, 6.45) is 4.62. The third-order valence-corrected chi connectivity index (χ3v) is 4.48. The van der Waals surface area contributed by atoms with E-state index in [1.165, 1.54) is 5.56 Å². The topological polar surface area (TPSA) is 49.3 Å². The highest BCUT2D eigenvalue weighted by Crippen LogP contribution is 2.39. The Labute approximate surface area is 115 Å². The van der Waals surface area contributed by atoms with E-state index in [4.69, 9.17) is 0 Å². The zero-order chi connectivity index (χ0) is 13.7. The lowest BCUT2D eigenvalue weighted by Crippen LogP contribution is -2.51. The largest absolute Gasteiger partial charge is 0.481 e. The summed E-state index contributed by atoms with van der Waals surface area (Å²) in [5.41, 5.74) is 0.635. The van der Waals surface area contributed by atoms with E-state index in [-0.39, 0.29) is 6.04 Å². The first-order valence-corrected chi connectivity index (χ1v) is 7.20. The third-order valence-electron chi connectivity index (χ3n) is 4.48. The molecule has 1 aromatic rings. The molecule has 2 rings (SSSR count). The summed E-state index contributed by atoms with van der Waals surface area (Å²) in [5, 5.41) is 13.1. The minimum Gasteiger partial charge on any atom is -0.481 e. The molecule has 0 unspecified atom stereocenters. The number of rotatable bonds is 5. The average Bonchev–Trinajstić information content (AvgIpc) is 2.46. The molecule has 19 heavy (non-hydrogen) atoms. The van der Waals surface area contributed by atoms with Gasteiger partial charge in [-0.05, 0) is 24.8 Å². The molecule has 0 aromatic heterocycles. The summed E-state index contributed by atoms with van der Waals surface area (Å²) in [7, 11) is 0. The van der Waals surface area contributed by atoms with Crippen LogP contribution < -0.4 is 5.32 Å². The Morgan fingerprint density at radius 2 is 2.11 bits per heavy atom. The van der Waals surface area contributed by atoms with Gasteiger partial charge in [-0.3, -0.25) is 4.79 Å². The molecule has 1 aliphatic rings. The Bertz CT molecular complexity index is 418. The van der Waals surface area contributed by atoms with Gasteiger partial charge in [0.05, 0.1) is 5.41 Å². The van der Waals surface area contributed by atoms with E-state index < -0.39 is 11.4 Å². The standard InChI is InChI=1S/C16H23NO2/c1-2-16(15(18)19)11-7-6-10-14(16)17-12-13-8-4-3-5-9-13/h3-5,8-9,14,17H,2,6-7,10-12H2,1H3,(H,18,19)/t14-,16-/m0/s1. The molecule has 0 bridgehead atoms. The van der Waals surface area contributed by atoms with Crippen molar-refractivity contribution in [1.82, 2.24) is 5.32 Å². The molecule has 3 heteroatoms. The maximum atomic E-state index is 11.7. The number of aliphatic carboxylic acids is 1. The molecular weight excluding hydrogens is 238 g/mol. The number of nitrogens with one attached hydrogen (secondary N) is 1. The number of hydrogen-bond donors (Lipinski definition) is 2. The van der Waals surface area contributed by atoms with Gasteiger partial charge in [0, 0.05) is 12.6 Å². The molecule has 0 spiro atoms. The van der Waals surface area contributed by atoms with Gasteiger partial charge >= 0.3 is 5.97 Å². The fraction of sp³-hybridized carbons (Fsp3) is 0.562. The van der Waals surface area contributed by atoms with Crippen molar-refractivity contribution in [3.8, 4) is 0 Å². The highest BCUT2D eigenvalue weighted by atomic mass is 16.4. The summed E-state index contributed by atoms with van der Waals surface area (Å²) < 4.78 is 0. The molecule has 2 atom stereocenters. The second-order valence-corrected chi connectivity index (χ2v) is 5.48. The van der Waals surface area contributed by atoms with Crippen LogP contribution in [0, 0.1) is 5.41 Å². The van der Waals surface area contributed by atoms with Gasteiger partial charge in [0.15, 0.2) is 0 Å². The van der Waals surface area contributed by atoms with Crippen LogP contribution in [0.5, 0.6) is 0 Å². The van der Waals surface area contributed by atoms with Gasteiger partial charge in [-0.2, -0.15) is 0 Å². The fourth-order valence-electron chi connectivity index (χ4n) is 3.20. The van der Waals surface area contributed by atoms with Gasteiger partial charge in [-0.1, -0.05) is 50.1 Å². The summed E-state index contributed by atoms with van der Waals surface area (Å²) in [4.78, 5) is 11.7. The van der Waals surface area contributed by atoms with E-state index in [0.29, 0.717) is 6.42 Å². The van der Waals surface area contributed by atoms with Crippen LogP contribution in [0.15, 0.2) is 30.3 Å². The predicted octanol–water partition coefficient (Wildman–Crippen LogP) is 3.20. The van der Waals surface area contributed by atoms with Crippen LogP contribution in [0.25, 0.3) is 0 Å². The minimum absolute atomic E-state index is 0.0870. The van der Waals surface area contributed by atoms with Gasteiger partial charge < -0.3 is 10.4 Å². The second-order valence-electron chi connectivity index (χ2n) is 5.48. The quantitative estimate of drug-likeness (QED) is 0.855. The van der Waals surface area contributed by atoms with Crippen molar-refractivity contribution >= 4 is 5.97 Å². The molecule has 2 N–H and O–H groups in total. The van der Waals surface area contributed by atoms with Gasteiger partial charge in [-0.15, -0.1) is 0 Å². The van der Waals surface area contributed by atoms with Crippen molar-refractivity contribution in [3.05, 3.63) is 35.9 Å². The minimum atomic E-state index is -0.639. The monoisotopic (exact) mass is 261 g/mol. The van der Waals surface area contributed by atoms with Crippen LogP contribution in [0.4, 0.5) is 0 Å². The number of carboxylic acid groups (broad SMARTS) is 1. The van der Waals surface area contributed by atoms with Crippen LogP contribution >= 0.6 is 0 Å². The van der Waals surface area contributed by atoms with E-state index in [0.717, 1.165) is 32.2 Å². The Balaban J connectivity index is 2.06. The number of carboxylic acids is 1. The van der Waals surface area contributed by atoms with Crippen LogP contribution in [-0.2, 0) is 11.3 Å². The molecule has 1 aromatic carbocycles. The van der Waals surface area contributed by atoms with Gasteiger partial charge in [-0.25, -0.2) is 0 Å². The first kappa shape index (κ1) is 14.1. The summed E-state index contributed by atoms with van der Waals surface area (Å²) in [6.45, 7) is 2.75. The van der Waals surface area contributed by atoms with Crippen LogP contribution in [0.2, 0.25) is 0 Å². The molecule has 0 aliphatic heterocycles. The predicted molar refractivity (Wildman–Crippen MR) is 75.9 cm³/mol. The zero-order valence-electron chi connectivity index (χ0n) is 11.6. The lowest BCUT2D eigenvalue weighted by atomic mass is 9.68. The van der Waals surface area contributed by atoms with Gasteiger partial charge in [0.25, 0.3) is 0 Å². The summed E-state index contributed by atoms with van der Waals surface area (Å²) >= 11 is 0. The molecular formula is C16H23NO2. The fourth-order valence-corrected chi connectivity index (χ4v) is 3.20. The Hall–Kier alpha value is -1.35. The number of carbonyl (C=O) groups is 1. The van der Waals surface area contributed by atoms with Crippen molar-refractivity contribution in [2.75, 3.05) is 0 Å². The van der Waals surface area contributed by atoms with Crippen LogP contribution in [0.3, 0.4) is 0 Å². The third kappa shape index (κ3) is 2.98. The van der Waals surface area contributed by atoms with Gasteiger partial charge in [0.2, 0.25) is 0 Å². The summed E-state index contributed by atoms with van der Waals surface area (Å²) in [6, 6.07) is 10.3. The van der Waals surface area contributed by atoms with Crippen molar-refractivity contribution in [3.63, 3.8) is 0 Å². The lowest BCUT2D eigenvalue weighted by molar-refractivity contribution is -0.153. The van der Waals surface area contributed by atoms with Crippen molar-refractivity contribution in [2.24, 2.45) is 5.41 Å². The molecule has 0 radical (unpaired) electrons. The highest BCUT2D eigenvalue weighted by Gasteiger charge is 2.45. The average molecular weight is 261 g/mol. The highest BCUT2D eigenvalue weighted by molar-refractivity contribution is 5.75. The van der Waals surface area contributed by atoms with E-state index in [1.54, 1.807) is 0 Å². The van der Waals surface area contributed by atoms with E-state index in [2.05, 4.69) is 17.4 Å². The molecule has 1 fully saturated rings. The van der Waals surface area contributed by atoms with Crippen molar-refractivity contribution < 1.29 is 9.90 Å². The van der Waals surface area contributed by atoms with Crippen LogP contribution in [0.1, 0.15) is 44.6 Å². The number of hydrogen-bond acceptors (Lipinski definition) is 2. The van der Waals surface area contributed by atoms with E-state index in [9.17, 15) is 9.90 Å². The molecule has 1 saturated carbocycles. The molecule has 1 aliphatic carbocycles. The molecule has 0 heterocycles. The first-order chi connectivity index (χ1) is 9.19. The maximum Gasteiger partial charge on any atom is 0.311 e. The van der Waals surface area contributed by atoms with E-state index >= 15 is 0 Å². The number of benzene rings is 1. The van der Waals surface area contributed by atoms with Crippen LogP contribution in [-0.4, -0.2) is 17.1 Å². The Morgan fingerprint density at radius 1 is 1.37 bits per heavy atom. The molecule has 104 valence electrons. The lowest BCUT2D eigenvalue weighted by Gasteiger charge is -2.40. The zero-order valence-corrected chi connectivity index (χ0v) is 11.6. The Morgan fingerprint density at radius 3 is 2.74 bits per heavy atom. The van der Waals surface area contributed by atoms with Crippen molar-refractivity contribution in [1.29, 1.82) is 0 Å². The first-order valence-electron chi connectivity index (χ1n) is 7.20. The summed E-state index contributed by atoms with van der Waals surface area (Å²) in [5.74, 6) is -0.639. The normalized spacial score (nSPS) is 27.1. The second kappa shape index (κ2) is 6.20. The molecule has 3 nitrogen and oxygen atoms in total. The maximum absolute atomic E-state index is 11.7.